The minimum Gasteiger partial charge on any atom is -0.480 e. The van der Waals surface area contributed by atoms with E-state index in [1.54, 1.807) is 12.1 Å². The van der Waals surface area contributed by atoms with E-state index in [-0.39, 0.29) is 13.0 Å². The first kappa shape index (κ1) is 17.7. The van der Waals surface area contributed by atoms with Crippen LogP contribution in [-0.4, -0.2) is 36.9 Å². The normalized spacial score (nSPS) is 11.8. The molecule has 1 rings (SSSR count). The van der Waals surface area contributed by atoms with Crippen LogP contribution in [-0.2, 0) is 9.53 Å². The maximum Gasteiger partial charge on any atom is 0.326 e. The lowest BCUT2D eigenvalue weighted by Crippen LogP contribution is -2.43. The van der Waals surface area contributed by atoms with Crippen LogP contribution < -0.4 is 10.6 Å². The fourth-order valence-electron chi connectivity index (χ4n) is 1.55. The number of anilines is 1. The summed E-state index contributed by atoms with van der Waals surface area (Å²) < 4.78 is 5.47. The number of carbonyl (C=O) groups is 2. The first-order valence-electron chi connectivity index (χ1n) is 6.10. The summed E-state index contributed by atoms with van der Waals surface area (Å²) in [5, 5.41) is 14.4. The molecule has 0 aromatic heterocycles. The molecule has 3 N–H and O–H groups in total. The van der Waals surface area contributed by atoms with Crippen molar-refractivity contribution in [1.29, 1.82) is 0 Å². The first-order chi connectivity index (χ1) is 9.85. The van der Waals surface area contributed by atoms with Crippen LogP contribution in [0.4, 0.5) is 10.5 Å². The Hall–Kier alpha value is -1.31. The summed E-state index contributed by atoms with van der Waals surface area (Å²) in [6.07, 6.45) is 0.176. The Kier molecular flexibility index (Phi) is 6.94. The molecule has 0 radical (unpaired) electrons. The molecular weight excluding hydrogens is 364 g/mol. The molecule has 0 heterocycles. The molecule has 2 amide bonds. The summed E-state index contributed by atoms with van der Waals surface area (Å²) in [5.41, 5.74) is 1.32. The average molecular weight is 380 g/mol. The quantitative estimate of drug-likeness (QED) is 0.709. The number of amides is 2. The molecule has 0 aliphatic rings. The molecule has 0 bridgehead atoms. The van der Waals surface area contributed by atoms with Crippen LogP contribution in [0.15, 0.2) is 16.6 Å². The van der Waals surface area contributed by atoms with Crippen molar-refractivity contribution in [3.63, 3.8) is 0 Å². The van der Waals surface area contributed by atoms with E-state index < -0.39 is 18.0 Å². The highest BCUT2D eigenvalue weighted by atomic mass is 79.9. The number of hydrogen-bond donors (Lipinski definition) is 3. The van der Waals surface area contributed by atoms with Crippen molar-refractivity contribution in [2.75, 3.05) is 19.0 Å². The Morgan fingerprint density at radius 3 is 2.71 bits per heavy atom. The summed E-state index contributed by atoms with van der Waals surface area (Å²) in [7, 11) is 1.46. The molecule has 8 heteroatoms. The summed E-state index contributed by atoms with van der Waals surface area (Å²) in [6, 6.07) is 1.70. The van der Waals surface area contributed by atoms with Gasteiger partial charge < -0.3 is 20.5 Å². The van der Waals surface area contributed by atoms with Gasteiger partial charge in [0.1, 0.15) is 6.04 Å². The molecule has 0 spiro atoms. The second-order valence-corrected chi connectivity index (χ2v) is 5.61. The van der Waals surface area contributed by atoms with Gasteiger partial charge >= 0.3 is 12.0 Å². The zero-order valence-corrected chi connectivity index (χ0v) is 13.9. The molecule has 21 heavy (non-hydrogen) atoms. The van der Waals surface area contributed by atoms with Gasteiger partial charge in [0.05, 0.1) is 5.69 Å². The Bertz CT molecular complexity index is 539. The van der Waals surface area contributed by atoms with Gasteiger partial charge in [-0.1, -0.05) is 11.6 Å². The van der Waals surface area contributed by atoms with E-state index in [9.17, 15) is 9.59 Å². The van der Waals surface area contributed by atoms with Crippen LogP contribution in [0.25, 0.3) is 0 Å². The van der Waals surface area contributed by atoms with Crippen LogP contribution in [0.2, 0.25) is 5.02 Å². The highest BCUT2D eigenvalue weighted by molar-refractivity contribution is 9.10. The Morgan fingerprint density at radius 1 is 1.48 bits per heavy atom. The summed E-state index contributed by atoms with van der Waals surface area (Å²) in [5.74, 6) is -1.12. The highest BCUT2D eigenvalue weighted by Crippen LogP contribution is 2.29. The molecule has 0 fully saturated rings. The number of halogens is 2. The third-order valence-electron chi connectivity index (χ3n) is 2.71. The lowest BCUT2D eigenvalue weighted by atomic mass is 10.2. The Morgan fingerprint density at radius 2 is 2.14 bits per heavy atom. The number of aryl methyl sites for hydroxylation is 1. The lowest BCUT2D eigenvalue weighted by molar-refractivity contribution is -0.139. The van der Waals surface area contributed by atoms with Crippen molar-refractivity contribution in [2.24, 2.45) is 0 Å². The smallest absolute Gasteiger partial charge is 0.326 e. The summed E-state index contributed by atoms with van der Waals surface area (Å²) in [6.45, 7) is 2.07. The number of benzene rings is 1. The van der Waals surface area contributed by atoms with Gasteiger partial charge in [-0.2, -0.15) is 0 Å². The molecule has 1 atom stereocenters. The third kappa shape index (κ3) is 5.53. The van der Waals surface area contributed by atoms with Gasteiger partial charge in [0.15, 0.2) is 0 Å². The number of carbonyl (C=O) groups excluding carboxylic acids is 1. The topological polar surface area (TPSA) is 87.7 Å². The highest BCUT2D eigenvalue weighted by Gasteiger charge is 2.20. The lowest BCUT2D eigenvalue weighted by Gasteiger charge is -2.15. The minimum absolute atomic E-state index is 0.176. The largest absolute Gasteiger partial charge is 0.480 e. The molecular formula is C13H16BrClN2O4. The first-order valence-corrected chi connectivity index (χ1v) is 7.27. The number of carboxylic acid groups (broad SMARTS) is 1. The third-order valence-corrected chi connectivity index (χ3v) is 3.77. The van der Waals surface area contributed by atoms with Crippen molar-refractivity contribution >= 4 is 45.2 Å². The molecule has 1 unspecified atom stereocenters. The number of nitrogens with one attached hydrogen (secondary N) is 2. The Labute approximate surface area is 135 Å². The standard InChI is InChI=1S/C13H16BrClN2O4/c1-7-5-8(14)11(6-9(7)15)17-13(20)16-10(12(18)19)3-4-21-2/h5-6,10H,3-4H2,1-2H3,(H,18,19)(H2,16,17,20). The van der Waals surface area contributed by atoms with E-state index in [1.807, 2.05) is 6.92 Å². The van der Waals surface area contributed by atoms with E-state index in [0.29, 0.717) is 15.2 Å². The summed E-state index contributed by atoms with van der Waals surface area (Å²) in [4.78, 5) is 22.9. The number of hydrogen-bond acceptors (Lipinski definition) is 3. The second kappa shape index (κ2) is 8.21. The molecule has 6 nitrogen and oxygen atoms in total. The predicted octanol–water partition coefficient (Wildman–Crippen LogP) is 3.02. The molecule has 1 aromatic carbocycles. The van der Waals surface area contributed by atoms with Gasteiger partial charge in [-0.25, -0.2) is 9.59 Å². The van der Waals surface area contributed by atoms with Crippen molar-refractivity contribution in [2.45, 2.75) is 19.4 Å². The van der Waals surface area contributed by atoms with E-state index in [0.717, 1.165) is 5.56 Å². The van der Waals surface area contributed by atoms with Crippen LogP contribution >= 0.6 is 27.5 Å². The van der Waals surface area contributed by atoms with E-state index in [1.165, 1.54) is 7.11 Å². The van der Waals surface area contributed by atoms with E-state index in [2.05, 4.69) is 26.6 Å². The van der Waals surface area contributed by atoms with Gasteiger partial charge in [0, 0.05) is 29.6 Å². The minimum atomic E-state index is -1.12. The van der Waals surface area contributed by atoms with Crippen LogP contribution in [0, 0.1) is 6.92 Å². The van der Waals surface area contributed by atoms with Crippen molar-refractivity contribution < 1.29 is 19.4 Å². The molecule has 0 saturated heterocycles. The number of ether oxygens (including phenoxy) is 1. The van der Waals surface area contributed by atoms with Gasteiger partial charge in [-0.15, -0.1) is 0 Å². The van der Waals surface area contributed by atoms with Crippen molar-refractivity contribution in [3.05, 3.63) is 27.2 Å². The van der Waals surface area contributed by atoms with Gasteiger partial charge in [-0.05, 0) is 40.5 Å². The van der Waals surface area contributed by atoms with E-state index >= 15 is 0 Å². The fraction of sp³-hybridized carbons (Fsp3) is 0.385. The molecule has 116 valence electrons. The maximum atomic E-state index is 11.8. The van der Waals surface area contributed by atoms with Gasteiger partial charge in [0.25, 0.3) is 0 Å². The number of aliphatic carboxylic acids is 1. The van der Waals surface area contributed by atoms with Crippen molar-refractivity contribution in [3.8, 4) is 0 Å². The summed E-state index contributed by atoms with van der Waals surface area (Å²) >= 11 is 9.30. The molecule has 0 aliphatic heterocycles. The van der Waals surface area contributed by atoms with Gasteiger partial charge in [0.2, 0.25) is 0 Å². The second-order valence-electron chi connectivity index (χ2n) is 4.35. The molecule has 1 aromatic rings. The molecule has 0 aliphatic carbocycles. The zero-order chi connectivity index (χ0) is 16.0. The van der Waals surface area contributed by atoms with Crippen LogP contribution in [0.5, 0.6) is 0 Å². The van der Waals surface area contributed by atoms with E-state index in [4.69, 9.17) is 21.4 Å². The zero-order valence-electron chi connectivity index (χ0n) is 11.6. The predicted molar refractivity (Wildman–Crippen MR) is 84.0 cm³/mol. The van der Waals surface area contributed by atoms with Crippen molar-refractivity contribution in [1.82, 2.24) is 5.32 Å². The van der Waals surface area contributed by atoms with Crippen LogP contribution in [0.1, 0.15) is 12.0 Å². The molecule has 0 saturated carbocycles. The number of carboxylic acids is 1. The monoisotopic (exact) mass is 378 g/mol. The number of methoxy groups -OCH3 is 1. The van der Waals surface area contributed by atoms with Crippen LogP contribution in [0.3, 0.4) is 0 Å². The average Bonchev–Trinajstić information content (AvgIpc) is 2.40. The Balaban J connectivity index is 2.72. The number of urea groups is 1. The SMILES string of the molecule is COCCC(NC(=O)Nc1cc(Cl)c(C)cc1Br)C(=O)O. The maximum absolute atomic E-state index is 11.8. The van der Waals surface area contributed by atoms with Gasteiger partial charge in [-0.3, -0.25) is 0 Å². The number of rotatable bonds is 6. The fourth-order valence-corrected chi connectivity index (χ4v) is 2.27.